The molecule has 0 unspecified atom stereocenters. The third-order valence-electron chi connectivity index (χ3n) is 0.466. The van der Waals surface area contributed by atoms with E-state index in [2.05, 4.69) is 16.9 Å². The molecule has 0 saturated heterocycles. The highest BCUT2D eigenvalue weighted by Crippen LogP contribution is 1.57. The van der Waals surface area contributed by atoms with Gasteiger partial charge in [0.15, 0.2) is 0 Å². The number of nitrogens with one attached hydrogen (secondary N) is 1. The van der Waals surface area contributed by atoms with Crippen LogP contribution in [0.25, 0.3) is 0 Å². The quantitative estimate of drug-likeness (QED) is 0.528. The number of rotatable bonds is 3. The van der Waals surface area contributed by atoms with Crippen LogP contribution in [0.2, 0.25) is 0 Å². The summed E-state index contributed by atoms with van der Waals surface area (Å²) in [7, 11) is 0. The summed E-state index contributed by atoms with van der Waals surface area (Å²) >= 11 is 0. The molecule has 0 fully saturated rings. The van der Waals surface area contributed by atoms with Gasteiger partial charge >= 0.3 is 0 Å². The van der Waals surface area contributed by atoms with Crippen LogP contribution in [0, 0.1) is 0 Å². The van der Waals surface area contributed by atoms with Gasteiger partial charge in [-0.2, -0.15) is 0 Å². The van der Waals surface area contributed by atoms with E-state index in [1.165, 1.54) is 0 Å². The zero-order chi connectivity index (χ0) is 11.5. The largest absolute Gasteiger partial charge is 0.354 e. The molecule has 2 heteroatoms. The van der Waals surface area contributed by atoms with Crippen molar-refractivity contribution < 1.29 is 0 Å². The Morgan fingerprint density at radius 1 is 1.08 bits per heavy atom. The van der Waals surface area contributed by atoms with Crippen molar-refractivity contribution in [3.8, 4) is 0 Å². The summed E-state index contributed by atoms with van der Waals surface area (Å²) in [5.74, 6) is 0. The van der Waals surface area contributed by atoms with Crippen LogP contribution >= 0.6 is 0 Å². The van der Waals surface area contributed by atoms with Crippen molar-refractivity contribution in [1.82, 2.24) is 5.32 Å². The maximum absolute atomic E-state index is 3.85. The molecule has 0 aromatic rings. The summed E-state index contributed by atoms with van der Waals surface area (Å²) in [6.07, 6.45) is 3.20. The first-order valence-corrected chi connectivity index (χ1v) is 5.27. The van der Waals surface area contributed by atoms with Gasteiger partial charge in [-0.3, -0.25) is 4.99 Å². The second-order valence-corrected chi connectivity index (χ2v) is 0.999. The molecule has 0 aromatic carbocycles. The topological polar surface area (TPSA) is 24.4 Å². The van der Waals surface area contributed by atoms with E-state index < -0.39 is 0 Å². The van der Waals surface area contributed by atoms with Gasteiger partial charge in [0.05, 0.1) is 6.34 Å². The van der Waals surface area contributed by atoms with E-state index in [-0.39, 0.29) is 0 Å². The van der Waals surface area contributed by atoms with Gasteiger partial charge in [0.2, 0.25) is 0 Å². The lowest BCUT2D eigenvalue weighted by molar-refractivity contribution is 1.12. The molecule has 0 radical (unpaired) electrons. The van der Waals surface area contributed by atoms with Crippen LogP contribution in [0.5, 0.6) is 0 Å². The average molecular weight is 188 g/mol. The summed E-state index contributed by atoms with van der Waals surface area (Å²) in [5.41, 5.74) is 0. The monoisotopic (exact) mass is 188 g/mol. The second kappa shape index (κ2) is 65.9. The van der Waals surface area contributed by atoms with Gasteiger partial charge in [0.1, 0.15) is 0 Å². The van der Waals surface area contributed by atoms with Crippen molar-refractivity contribution in [2.45, 2.75) is 48.5 Å². The van der Waals surface area contributed by atoms with Crippen molar-refractivity contribution in [2.24, 2.45) is 4.99 Å². The lowest BCUT2D eigenvalue weighted by atomic mass is 10.8. The minimum atomic E-state index is 0.820. The third-order valence-corrected chi connectivity index (χ3v) is 0.466. The van der Waals surface area contributed by atoms with Gasteiger partial charge < -0.3 is 5.32 Å². The van der Waals surface area contributed by atoms with Crippen LogP contribution < -0.4 is 5.32 Å². The van der Waals surface area contributed by atoms with Crippen molar-refractivity contribution in [3.63, 3.8) is 0 Å². The Morgan fingerprint density at radius 2 is 1.46 bits per heavy atom. The summed E-state index contributed by atoms with van der Waals surface area (Å²) in [5, 5.41) is 2.72. The number of hydrogen-bond donors (Lipinski definition) is 1. The van der Waals surface area contributed by atoms with E-state index in [4.69, 9.17) is 0 Å². The van der Waals surface area contributed by atoms with Gasteiger partial charge in [-0.05, 0) is 13.1 Å². The smallest absolute Gasteiger partial charge is 0.0862 e. The predicted octanol–water partition coefficient (Wildman–Crippen LogP) is 3.85. The van der Waals surface area contributed by atoms with E-state index in [0.29, 0.717) is 0 Å². The highest BCUT2D eigenvalue weighted by atomic mass is 14.9. The molecule has 0 aliphatic heterocycles. The van der Waals surface area contributed by atoms with Gasteiger partial charge in [-0.15, -0.1) is 0 Å². The fourth-order valence-electron chi connectivity index (χ4n) is 0.197. The SMILES string of the molecule is C=CNC=NCC.CC.CC.CC. The van der Waals surface area contributed by atoms with Crippen molar-refractivity contribution in [2.75, 3.05) is 6.54 Å². The third kappa shape index (κ3) is 92.3. The Bertz CT molecular complexity index is 68.5. The Labute approximate surface area is 85.2 Å². The summed E-state index contributed by atoms with van der Waals surface area (Å²) in [4.78, 5) is 3.85. The average Bonchev–Trinajstić information content (AvgIpc) is 2.27. The molecular weight excluding hydrogens is 160 g/mol. The van der Waals surface area contributed by atoms with Crippen molar-refractivity contribution in [1.29, 1.82) is 0 Å². The highest BCUT2D eigenvalue weighted by Gasteiger charge is 1.59. The minimum Gasteiger partial charge on any atom is -0.354 e. The number of nitrogens with zero attached hydrogens (tertiary/aromatic N) is 1. The first-order valence-electron chi connectivity index (χ1n) is 5.27. The second-order valence-electron chi connectivity index (χ2n) is 0.999. The molecule has 0 spiro atoms. The molecule has 0 atom stereocenters. The molecule has 82 valence electrons. The molecule has 0 bridgehead atoms. The minimum absolute atomic E-state index is 0.820. The first kappa shape index (κ1) is 22.8. The Kier molecular flexibility index (Phi) is 115. The van der Waals surface area contributed by atoms with Crippen LogP contribution in [-0.2, 0) is 0 Å². The predicted molar refractivity (Wildman–Crippen MR) is 66.4 cm³/mol. The number of hydrogen-bond acceptors (Lipinski definition) is 1. The van der Waals surface area contributed by atoms with Crippen molar-refractivity contribution >= 4 is 6.34 Å². The standard InChI is InChI=1S/C5H10N2.3C2H6/c1-3-6-5-7-4-2;3*1-2/h3,5H,1,4H2,2H3,(H,6,7);3*1-2H3. The molecule has 0 saturated carbocycles. The Hall–Kier alpha value is -0.790. The van der Waals surface area contributed by atoms with Gasteiger partial charge in [0, 0.05) is 6.54 Å². The molecular formula is C11H28N2. The molecule has 0 amide bonds. The van der Waals surface area contributed by atoms with E-state index >= 15 is 0 Å². The van der Waals surface area contributed by atoms with Gasteiger partial charge in [-0.1, -0.05) is 48.1 Å². The molecule has 0 rings (SSSR count). The molecule has 0 aliphatic carbocycles. The lowest BCUT2D eigenvalue weighted by Crippen LogP contribution is -1.98. The zero-order valence-corrected chi connectivity index (χ0v) is 10.5. The Morgan fingerprint density at radius 3 is 1.69 bits per heavy atom. The fourth-order valence-corrected chi connectivity index (χ4v) is 0.197. The maximum atomic E-state index is 3.85. The van der Waals surface area contributed by atoms with Crippen LogP contribution in [0.15, 0.2) is 17.8 Å². The Balaban J connectivity index is -0.0000000573. The normalized spacial score (nSPS) is 6.38. The summed E-state index contributed by atoms with van der Waals surface area (Å²) < 4.78 is 0. The number of aliphatic imine (C=N–C) groups is 1. The molecule has 13 heavy (non-hydrogen) atoms. The molecule has 0 heterocycles. The highest BCUT2D eigenvalue weighted by molar-refractivity contribution is 5.55. The zero-order valence-electron chi connectivity index (χ0n) is 10.5. The van der Waals surface area contributed by atoms with Crippen LogP contribution in [0.4, 0.5) is 0 Å². The van der Waals surface area contributed by atoms with E-state index in [1.54, 1.807) is 12.5 Å². The van der Waals surface area contributed by atoms with Crippen molar-refractivity contribution in [3.05, 3.63) is 12.8 Å². The molecule has 1 N–H and O–H groups in total. The summed E-state index contributed by atoms with van der Waals surface area (Å²) in [6, 6.07) is 0. The van der Waals surface area contributed by atoms with Gasteiger partial charge in [0.25, 0.3) is 0 Å². The molecule has 2 nitrogen and oxygen atoms in total. The molecule has 0 aliphatic rings. The van der Waals surface area contributed by atoms with Crippen LogP contribution in [0.3, 0.4) is 0 Å². The summed E-state index contributed by atoms with van der Waals surface area (Å²) in [6.45, 7) is 18.2. The van der Waals surface area contributed by atoms with E-state index in [0.717, 1.165) is 6.54 Å². The maximum Gasteiger partial charge on any atom is 0.0862 e. The van der Waals surface area contributed by atoms with Crippen LogP contribution in [0.1, 0.15) is 48.5 Å². The fraction of sp³-hybridized carbons (Fsp3) is 0.727. The first-order chi connectivity index (χ1) is 6.41. The van der Waals surface area contributed by atoms with E-state index in [9.17, 15) is 0 Å². The van der Waals surface area contributed by atoms with Crippen LogP contribution in [-0.4, -0.2) is 12.9 Å². The molecule has 0 aromatic heterocycles. The van der Waals surface area contributed by atoms with Gasteiger partial charge in [-0.25, -0.2) is 0 Å². The lowest BCUT2D eigenvalue weighted by Gasteiger charge is -1.81. The van der Waals surface area contributed by atoms with E-state index in [1.807, 2.05) is 48.5 Å².